The molecule has 0 heterocycles. The Kier molecular flexibility index (Phi) is 14.7. The fourth-order valence-corrected chi connectivity index (χ4v) is 7.59. The first-order chi connectivity index (χ1) is 7.63. The van der Waals surface area contributed by atoms with Crippen LogP contribution in [0.3, 0.4) is 0 Å². The van der Waals surface area contributed by atoms with E-state index >= 15 is 0 Å². The minimum atomic E-state index is -0.618. The molecule has 106 valence electrons. The summed E-state index contributed by atoms with van der Waals surface area (Å²) in [5, 5.41) is 0. The Morgan fingerprint density at radius 3 is 1.18 bits per heavy atom. The molecule has 0 saturated heterocycles. The van der Waals surface area contributed by atoms with E-state index in [1.54, 1.807) is 18.5 Å². The summed E-state index contributed by atoms with van der Waals surface area (Å²) in [5.41, 5.74) is 0.970. The van der Waals surface area contributed by atoms with Gasteiger partial charge >= 0.3 is 0 Å². The van der Waals surface area contributed by atoms with Crippen LogP contribution in [0, 0.1) is 0 Å². The van der Waals surface area contributed by atoms with Crippen LogP contribution in [0.1, 0.15) is 73.1 Å². The topological polar surface area (TPSA) is 0 Å². The maximum Gasteiger partial charge on any atom is 0.0641 e. The summed E-state index contributed by atoms with van der Waals surface area (Å²) in [6.45, 7) is 12.0. The predicted molar refractivity (Wildman–Crippen MR) is 81.4 cm³/mol. The molecule has 0 aliphatic rings. The molecule has 0 N–H and O–H groups in total. The van der Waals surface area contributed by atoms with Crippen LogP contribution in [-0.2, 0) is 0 Å². The number of halogens is 1. The molecule has 0 rings (SSSR count). The van der Waals surface area contributed by atoms with Crippen LogP contribution in [0.25, 0.3) is 0 Å². The lowest BCUT2D eigenvalue weighted by atomic mass is 10.4. The van der Waals surface area contributed by atoms with Crippen molar-refractivity contribution in [2.24, 2.45) is 0 Å². The zero-order chi connectivity index (χ0) is 12.4. The van der Waals surface area contributed by atoms with Crippen molar-refractivity contribution in [3.63, 3.8) is 0 Å². The minimum Gasteiger partial charge on any atom is -1.00 e. The summed E-state index contributed by atoms with van der Waals surface area (Å²) < 4.78 is 0. The van der Waals surface area contributed by atoms with E-state index < -0.39 is 7.26 Å². The van der Waals surface area contributed by atoms with Crippen LogP contribution in [0.5, 0.6) is 0 Å². The van der Waals surface area contributed by atoms with Crippen LogP contribution in [0.15, 0.2) is 0 Å². The Morgan fingerprint density at radius 1 is 0.706 bits per heavy atom. The molecule has 0 aromatic carbocycles. The van der Waals surface area contributed by atoms with Gasteiger partial charge < -0.3 is 24.0 Å². The molecule has 2 heteroatoms. The summed E-state index contributed by atoms with van der Waals surface area (Å²) in [5.74, 6) is 0. The van der Waals surface area contributed by atoms with Gasteiger partial charge in [0.25, 0.3) is 0 Å². The van der Waals surface area contributed by atoms with E-state index in [0.29, 0.717) is 0 Å². The van der Waals surface area contributed by atoms with Gasteiger partial charge in [0.15, 0.2) is 0 Å². The van der Waals surface area contributed by atoms with Gasteiger partial charge in [-0.25, -0.2) is 0 Å². The lowest BCUT2D eigenvalue weighted by Gasteiger charge is -2.31. The van der Waals surface area contributed by atoms with Crippen molar-refractivity contribution >= 4 is 7.26 Å². The number of unbranched alkanes of at least 4 members (excludes halogenated alkanes) is 3. The van der Waals surface area contributed by atoms with E-state index in [1.807, 2.05) is 0 Å². The van der Waals surface area contributed by atoms with Crippen LogP contribution in [0.2, 0.25) is 0 Å². The van der Waals surface area contributed by atoms with Gasteiger partial charge in [0, 0.05) is 7.26 Å². The van der Waals surface area contributed by atoms with E-state index in [1.165, 1.54) is 38.5 Å². The summed E-state index contributed by atoms with van der Waals surface area (Å²) in [7, 11) is -0.618. The second kappa shape index (κ2) is 12.2. The zero-order valence-electron chi connectivity index (χ0n) is 12.8. The van der Waals surface area contributed by atoms with Gasteiger partial charge in [-0.05, 0) is 33.1 Å². The smallest absolute Gasteiger partial charge is 0.0641 e. The molecule has 17 heavy (non-hydrogen) atoms. The van der Waals surface area contributed by atoms with Crippen molar-refractivity contribution in [3.05, 3.63) is 0 Å². The molecule has 0 spiro atoms. The monoisotopic (exact) mass is 372 g/mol. The second-order valence-corrected chi connectivity index (χ2v) is 10.4. The normalized spacial score (nSPS) is 11.6. The van der Waals surface area contributed by atoms with E-state index in [0.717, 1.165) is 5.66 Å². The van der Waals surface area contributed by atoms with Crippen LogP contribution >= 0.6 is 7.26 Å². The van der Waals surface area contributed by atoms with Crippen molar-refractivity contribution in [3.8, 4) is 0 Å². The van der Waals surface area contributed by atoms with Crippen molar-refractivity contribution < 1.29 is 24.0 Å². The van der Waals surface area contributed by atoms with Crippen LogP contribution in [0.4, 0.5) is 0 Å². The minimum absolute atomic E-state index is 0. The zero-order valence-corrected chi connectivity index (χ0v) is 15.8. The van der Waals surface area contributed by atoms with E-state index in [2.05, 4.69) is 34.6 Å². The highest BCUT2D eigenvalue weighted by Crippen LogP contribution is 2.64. The molecule has 0 fully saturated rings. The summed E-state index contributed by atoms with van der Waals surface area (Å²) in [6.07, 6.45) is 13.3. The highest BCUT2D eigenvalue weighted by molar-refractivity contribution is 7.76. The predicted octanol–water partition coefficient (Wildman–Crippen LogP) is 2.82. The SMILES string of the molecule is CCCC[P+](CCCC)(CCCC)C(C)C.[I-]. The molecular weight excluding hydrogens is 338 g/mol. The fraction of sp³-hybridized carbons (Fsp3) is 1.00. The second-order valence-electron chi connectivity index (χ2n) is 5.54. The average molecular weight is 372 g/mol. The summed E-state index contributed by atoms with van der Waals surface area (Å²) in [6, 6.07) is 0. The van der Waals surface area contributed by atoms with Crippen molar-refractivity contribution in [2.75, 3.05) is 18.5 Å². The fourth-order valence-electron chi connectivity index (χ4n) is 2.53. The molecule has 0 radical (unpaired) electrons. The van der Waals surface area contributed by atoms with Gasteiger partial charge in [0.2, 0.25) is 0 Å². The van der Waals surface area contributed by atoms with Gasteiger partial charge in [0.05, 0.1) is 24.1 Å². The molecule has 0 amide bonds. The number of hydrogen-bond acceptors (Lipinski definition) is 0. The van der Waals surface area contributed by atoms with Gasteiger partial charge in [-0.2, -0.15) is 0 Å². The highest BCUT2D eigenvalue weighted by Gasteiger charge is 2.38. The van der Waals surface area contributed by atoms with Crippen LogP contribution in [-0.4, -0.2) is 24.1 Å². The van der Waals surface area contributed by atoms with E-state index in [-0.39, 0.29) is 24.0 Å². The summed E-state index contributed by atoms with van der Waals surface area (Å²) in [4.78, 5) is 0. The Labute approximate surface area is 128 Å². The van der Waals surface area contributed by atoms with Gasteiger partial charge in [-0.1, -0.05) is 40.0 Å². The highest BCUT2D eigenvalue weighted by atomic mass is 127. The molecule has 0 unspecified atom stereocenters. The molecule has 0 bridgehead atoms. The van der Waals surface area contributed by atoms with Crippen molar-refractivity contribution in [1.82, 2.24) is 0 Å². The Morgan fingerprint density at radius 2 is 1.00 bits per heavy atom. The molecule has 0 aliphatic carbocycles. The average Bonchev–Trinajstić information content (AvgIpc) is 2.28. The largest absolute Gasteiger partial charge is 1.00 e. The third-order valence-electron chi connectivity index (χ3n) is 3.97. The molecule has 0 aromatic rings. The van der Waals surface area contributed by atoms with E-state index in [4.69, 9.17) is 0 Å². The molecule has 0 aliphatic heterocycles. The van der Waals surface area contributed by atoms with Gasteiger partial charge in [0.1, 0.15) is 0 Å². The lowest BCUT2D eigenvalue weighted by molar-refractivity contribution is -0.00000383. The summed E-state index contributed by atoms with van der Waals surface area (Å²) >= 11 is 0. The lowest BCUT2D eigenvalue weighted by Crippen LogP contribution is -3.00. The van der Waals surface area contributed by atoms with Crippen LogP contribution < -0.4 is 24.0 Å². The van der Waals surface area contributed by atoms with Crippen molar-refractivity contribution in [1.29, 1.82) is 0 Å². The van der Waals surface area contributed by atoms with Gasteiger partial charge in [-0.15, -0.1) is 0 Å². The third kappa shape index (κ3) is 8.03. The first kappa shape index (κ1) is 20.5. The first-order valence-corrected chi connectivity index (χ1v) is 9.90. The van der Waals surface area contributed by atoms with Crippen molar-refractivity contribution in [2.45, 2.75) is 78.8 Å². The van der Waals surface area contributed by atoms with Gasteiger partial charge in [-0.3, -0.25) is 0 Å². The molecule has 0 nitrogen and oxygen atoms in total. The Bertz CT molecular complexity index is 135. The Balaban J connectivity index is 0. The quantitative estimate of drug-likeness (QED) is 0.409. The third-order valence-corrected chi connectivity index (χ3v) is 9.78. The molecule has 0 aromatic heterocycles. The number of rotatable bonds is 10. The maximum atomic E-state index is 2.49. The Hall–Kier alpha value is 1.16. The first-order valence-electron chi connectivity index (χ1n) is 7.48. The standard InChI is InChI=1S/C15H34P.HI/c1-6-9-12-16(15(4)5,13-10-7-2)14-11-8-3;/h15H,6-14H2,1-5H3;1H/q+1;/p-1. The molecular formula is C15H34IP. The molecule has 0 saturated carbocycles. The van der Waals surface area contributed by atoms with E-state index in [9.17, 15) is 0 Å². The maximum absolute atomic E-state index is 2.49. The number of hydrogen-bond donors (Lipinski definition) is 0. The molecule has 0 atom stereocenters.